The topological polar surface area (TPSA) is 58.2 Å². The van der Waals surface area contributed by atoms with E-state index in [1.54, 1.807) is 24.3 Å². The molecular formula is C12H14Br2N2O2. The van der Waals surface area contributed by atoms with Gasteiger partial charge in [0.2, 0.25) is 0 Å². The number of rotatable bonds is 4. The molecule has 98 valence electrons. The van der Waals surface area contributed by atoms with Gasteiger partial charge in [-0.05, 0) is 30.7 Å². The van der Waals surface area contributed by atoms with Gasteiger partial charge in [-0.2, -0.15) is 0 Å². The number of hydrogen-bond donors (Lipinski definition) is 2. The van der Waals surface area contributed by atoms with Crippen LogP contribution in [0, 0.1) is 0 Å². The maximum Gasteiger partial charge on any atom is 0.269 e. The van der Waals surface area contributed by atoms with E-state index in [0.29, 0.717) is 5.56 Å². The van der Waals surface area contributed by atoms with Gasteiger partial charge >= 0.3 is 0 Å². The first-order chi connectivity index (χ1) is 8.54. The second kappa shape index (κ2) is 7.53. The molecule has 1 rings (SSSR count). The highest BCUT2D eigenvalue weighted by molar-refractivity contribution is 9.10. The lowest BCUT2D eigenvalue weighted by Crippen LogP contribution is -2.44. The van der Waals surface area contributed by atoms with Crippen molar-refractivity contribution in [2.75, 3.05) is 0 Å². The van der Waals surface area contributed by atoms with Gasteiger partial charge in [-0.3, -0.25) is 20.4 Å². The molecule has 18 heavy (non-hydrogen) atoms. The SMILES string of the molecule is CCC[C@H](Br)C(=O)NNC(=O)c1ccc(Br)cc1. The van der Waals surface area contributed by atoms with Crippen LogP contribution in [0.25, 0.3) is 0 Å². The van der Waals surface area contributed by atoms with Crippen LogP contribution < -0.4 is 10.9 Å². The minimum Gasteiger partial charge on any atom is -0.272 e. The summed E-state index contributed by atoms with van der Waals surface area (Å²) in [7, 11) is 0. The molecule has 1 aromatic rings. The van der Waals surface area contributed by atoms with Crippen LogP contribution in [0.3, 0.4) is 0 Å². The van der Waals surface area contributed by atoms with Crippen molar-refractivity contribution in [1.29, 1.82) is 0 Å². The molecule has 0 aliphatic rings. The lowest BCUT2D eigenvalue weighted by molar-refractivity contribution is -0.121. The first-order valence-corrected chi connectivity index (χ1v) is 7.25. The highest BCUT2D eigenvalue weighted by atomic mass is 79.9. The van der Waals surface area contributed by atoms with Gasteiger partial charge in [0.05, 0.1) is 4.83 Å². The Morgan fingerprint density at radius 3 is 2.39 bits per heavy atom. The molecule has 0 aliphatic carbocycles. The van der Waals surface area contributed by atoms with Crippen LogP contribution in [-0.4, -0.2) is 16.6 Å². The lowest BCUT2D eigenvalue weighted by Gasteiger charge is -2.10. The molecule has 0 radical (unpaired) electrons. The maximum absolute atomic E-state index is 11.7. The summed E-state index contributed by atoms with van der Waals surface area (Å²) in [4.78, 5) is 22.9. The van der Waals surface area contributed by atoms with Crippen molar-refractivity contribution in [3.05, 3.63) is 34.3 Å². The molecule has 0 bridgehead atoms. The fourth-order valence-electron chi connectivity index (χ4n) is 1.25. The molecular weight excluding hydrogens is 364 g/mol. The van der Waals surface area contributed by atoms with Gasteiger partial charge in [-0.15, -0.1) is 0 Å². The van der Waals surface area contributed by atoms with Crippen molar-refractivity contribution < 1.29 is 9.59 Å². The highest BCUT2D eigenvalue weighted by Crippen LogP contribution is 2.10. The minimum atomic E-state index is -0.341. The van der Waals surface area contributed by atoms with E-state index in [4.69, 9.17) is 0 Å². The molecule has 0 heterocycles. The van der Waals surface area contributed by atoms with Crippen LogP contribution >= 0.6 is 31.9 Å². The van der Waals surface area contributed by atoms with Crippen LogP contribution in [-0.2, 0) is 4.79 Å². The predicted octanol–water partition coefficient (Wildman–Crippen LogP) is 2.77. The molecule has 0 saturated heterocycles. The Morgan fingerprint density at radius 1 is 1.22 bits per heavy atom. The number of carbonyl (C=O) groups is 2. The fraction of sp³-hybridized carbons (Fsp3) is 0.333. The zero-order valence-electron chi connectivity index (χ0n) is 9.87. The average molecular weight is 378 g/mol. The third-order valence-corrected chi connectivity index (χ3v) is 3.63. The number of alkyl halides is 1. The van der Waals surface area contributed by atoms with Crippen molar-refractivity contribution in [1.82, 2.24) is 10.9 Å². The third-order valence-electron chi connectivity index (χ3n) is 2.23. The van der Waals surface area contributed by atoms with Crippen LogP contribution in [0.15, 0.2) is 28.7 Å². The number of carbonyl (C=O) groups excluding carboxylic acids is 2. The van der Waals surface area contributed by atoms with Gasteiger partial charge in [0.15, 0.2) is 0 Å². The van der Waals surface area contributed by atoms with E-state index < -0.39 is 0 Å². The summed E-state index contributed by atoms with van der Waals surface area (Å²) in [6.45, 7) is 1.99. The zero-order valence-corrected chi connectivity index (χ0v) is 13.0. The number of hydrazine groups is 1. The maximum atomic E-state index is 11.7. The van der Waals surface area contributed by atoms with E-state index in [0.717, 1.165) is 17.3 Å². The number of amides is 2. The fourth-order valence-corrected chi connectivity index (χ4v) is 2.09. The Morgan fingerprint density at radius 2 is 1.83 bits per heavy atom. The molecule has 1 aromatic carbocycles. The molecule has 6 heteroatoms. The number of hydrogen-bond acceptors (Lipinski definition) is 2. The number of nitrogens with one attached hydrogen (secondary N) is 2. The second-order valence-corrected chi connectivity index (χ2v) is 5.73. The van der Waals surface area contributed by atoms with E-state index in [2.05, 4.69) is 42.7 Å². The Kier molecular flexibility index (Phi) is 6.35. The summed E-state index contributed by atoms with van der Waals surface area (Å²) in [5, 5.41) is 0. The summed E-state index contributed by atoms with van der Waals surface area (Å²) < 4.78 is 0.895. The van der Waals surface area contributed by atoms with Crippen molar-refractivity contribution >= 4 is 43.7 Å². The minimum absolute atomic E-state index is 0.248. The van der Waals surface area contributed by atoms with Crippen LogP contribution in [0.5, 0.6) is 0 Å². The number of halogens is 2. The summed E-state index contributed by atoms with van der Waals surface area (Å²) in [6, 6.07) is 6.87. The quantitative estimate of drug-likeness (QED) is 0.626. The van der Waals surface area contributed by atoms with Gasteiger partial charge < -0.3 is 0 Å². The lowest BCUT2D eigenvalue weighted by atomic mass is 10.2. The molecule has 0 aromatic heterocycles. The van der Waals surface area contributed by atoms with Gasteiger partial charge in [0, 0.05) is 10.0 Å². The van der Waals surface area contributed by atoms with E-state index in [9.17, 15) is 9.59 Å². The van der Waals surface area contributed by atoms with Gasteiger partial charge in [-0.25, -0.2) is 0 Å². The average Bonchev–Trinajstić information content (AvgIpc) is 2.36. The van der Waals surface area contributed by atoms with E-state index in [-0.39, 0.29) is 16.6 Å². The Balaban J connectivity index is 2.46. The van der Waals surface area contributed by atoms with E-state index in [1.165, 1.54) is 0 Å². The molecule has 1 atom stereocenters. The molecule has 0 saturated carbocycles. The first-order valence-electron chi connectivity index (χ1n) is 5.54. The van der Waals surface area contributed by atoms with Gasteiger partial charge in [-0.1, -0.05) is 45.2 Å². The Hall–Kier alpha value is -0.880. The molecule has 4 nitrogen and oxygen atoms in total. The standard InChI is InChI=1S/C12H14Br2N2O2/c1-2-3-10(14)12(18)16-15-11(17)8-4-6-9(13)7-5-8/h4-7,10H,2-3H2,1H3,(H,15,17)(H,16,18)/t10-/m0/s1. The molecule has 2 N–H and O–H groups in total. The van der Waals surface area contributed by atoms with Crippen molar-refractivity contribution in [3.63, 3.8) is 0 Å². The molecule has 0 spiro atoms. The summed E-state index contributed by atoms with van der Waals surface area (Å²) >= 11 is 6.54. The van der Waals surface area contributed by atoms with Crippen molar-refractivity contribution in [3.8, 4) is 0 Å². The Labute approximate surface area is 123 Å². The van der Waals surface area contributed by atoms with Crippen LogP contribution in [0.4, 0.5) is 0 Å². The number of benzene rings is 1. The monoisotopic (exact) mass is 376 g/mol. The summed E-state index contributed by atoms with van der Waals surface area (Å²) in [5.74, 6) is -0.589. The molecule has 0 unspecified atom stereocenters. The smallest absolute Gasteiger partial charge is 0.269 e. The third kappa shape index (κ3) is 4.78. The first kappa shape index (κ1) is 15.2. The second-order valence-electron chi connectivity index (χ2n) is 3.71. The summed E-state index contributed by atoms with van der Waals surface area (Å²) in [5.41, 5.74) is 5.24. The molecule has 0 fully saturated rings. The zero-order chi connectivity index (χ0) is 13.5. The van der Waals surface area contributed by atoms with E-state index in [1.807, 2.05) is 6.92 Å². The Bertz CT molecular complexity index is 421. The van der Waals surface area contributed by atoms with Crippen LogP contribution in [0.1, 0.15) is 30.1 Å². The highest BCUT2D eigenvalue weighted by Gasteiger charge is 2.14. The van der Waals surface area contributed by atoms with Gasteiger partial charge in [0.1, 0.15) is 0 Å². The van der Waals surface area contributed by atoms with Crippen LogP contribution in [0.2, 0.25) is 0 Å². The van der Waals surface area contributed by atoms with Crippen molar-refractivity contribution in [2.45, 2.75) is 24.6 Å². The molecule has 0 aliphatic heterocycles. The molecule has 2 amide bonds. The largest absolute Gasteiger partial charge is 0.272 e. The normalized spacial score (nSPS) is 11.7. The van der Waals surface area contributed by atoms with Crippen molar-refractivity contribution in [2.24, 2.45) is 0 Å². The van der Waals surface area contributed by atoms with Gasteiger partial charge in [0.25, 0.3) is 11.8 Å². The van der Waals surface area contributed by atoms with E-state index >= 15 is 0 Å². The predicted molar refractivity (Wildman–Crippen MR) is 77.4 cm³/mol. The summed E-state index contributed by atoms with van der Waals surface area (Å²) in [6.07, 6.45) is 1.62.